The van der Waals surface area contributed by atoms with Crippen LogP contribution in [-0.2, 0) is 6.54 Å². The predicted octanol–water partition coefficient (Wildman–Crippen LogP) is 5.35. The van der Waals surface area contributed by atoms with Gasteiger partial charge in [0.1, 0.15) is 0 Å². The quantitative estimate of drug-likeness (QED) is 0.437. The normalized spacial score (nSPS) is 11.3. The second-order valence-corrected chi connectivity index (χ2v) is 7.77. The lowest BCUT2D eigenvalue weighted by Gasteiger charge is -2.13. The van der Waals surface area contributed by atoms with Crippen molar-refractivity contribution in [3.05, 3.63) is 46.3 Å². The van der Waals surface area contributed by atoms with Crippen molar-refractivity contribution in [2.45, 2.75) is 46.1 Å². The summed E-state index contributed by atoms with van der Waals surface area (Å²) in [5.41, 5.74) is 6.20. The molecular formula is C21H25NO2S. The molecule has 0 amide bonds. The molecule has 3 nitrogen and oxygen atoms in total. The second kappa shape index (κ2) is 7.98. The Hall–Kier alpha value is -1.91. The number of benzene rings is 1. The fraction of sp³-hybridized carbons (Fsp3) is 0.381. The number of thiophene rings is 1. The minimum atomic E-state index is 0.273. The summed E-state index contributed by atoms with van der Waals surface area (Å²) in [6, 6.07) is 10.8. The Labute approximate surface area is 152 Å². The van der Waals surface area contributed by atoms with Crippen LogP contribution in [0.2, 0.25) is 0 Å². The molecule has 0 aliphatic rings. The second-order valence-electron chi connectivity index (χ2n) is 6.65. The number of unbranched alkanes of at least 4 members (excludes halogenated alkanes) is 3. The average Bonchev–Trinajstić information content (AvgIpc) is 3.13. The van der Waals surface area contributed by atoms with Gasteiger partial charge in [-0.25, -0.2) is 0 Å². The van der Waals surface area contributed by atoms with Gasteiger partial charge in [0.25, 0.3) is 0 Å². The van der Waals surface area contributed by atoms with Crippen molar-refractivity contribution in [1.29, 1.82) is 0 Å². The third kappa shape index (κ3) is 3.86. The van der Waals surface area contributed by atoms with Crippen molar-refractivity contribution < 1.29 is 9.90 Å². The standard InChI is InChI=1S/C21H25NO2S/c1-15-7-8-18(16(2)11-15)19-13-21-20(12-17(14-24)25-21)22(19)9-5-3-4-6-10-23/h7-8,11-14,23H,3-6,9-10H2,1-2H3. The highest BCUT2D eigenvalue weighted by molar-refractivity contribution is 7.20. The molecule has 1 N–H and O–H groups in total. The summed E-state index contributed by atoms with van der Waals surface area (Å²) in [7, 11) is 0. The van der Waals surface area contributed by atoms with Crippen LogP contribution in [0.4, 0.5) is 0 Å². The van der Waals surface area contributed by atoms with E-state index in [4.69, 9.17) is 5.11 Å². The Bertz CT molecular complexity index is 876. The van der Waals surface area contributed by atoms with Crippen LogP contribution in [0.1, 0.15) is 46.5 Å². The van der Waals surface area contributed by atoms with Gasteiger partial charge in [-0.15, -0.1) is 11.3 Å². The summed E-state index contributed by atoms with van der Waals surface area (Å²) < 4.78 is 3.53. The first-order valence-corrected chi connectivity index (χ1v) is 9.72. The molecule has 2 aromatic heterocycles. The first-order chi connectivity index (χ1) is 12.1. The number of rotatable bonds is 8. The Morgan fingerprint density at radius 3 is 2.60 bits per heavy atom. The van der Waals surface area contributed by atoms with E-state index in [9.17, 15) is 4.79 Å². The van der Waals surface area contributed by atoms with Gasteiger partial charge in [-0.05, 0) is 44.4 Å². The van der Waals surface area contributed by atoms with Crippen LogP contribution in [0.5, 0.6) is 0 Å². The average molecular weight is 356 g/mol. The van der Waals surface area contributed by atoms with Crippen molar-refractivity contribution in [2.24, 2.45) is 0 Å². The SMILES string of the molecule is Cc1ccc(-c2cc3sc(C=O)cc3n2CCCCCCO)c(C)c1. The molecule has 1 aromatic carbocycles. The number of aldehydes is 1. The topological polar surface area (TPSA) is 42.2 Å². The zero-order chi connectivity index (χ0) is 17.8. The van der Waals surface area contributed by atoms with Crippen LogP contribution in [0.25, 0.3) is 21.5 Å². The monoisotopic (exact) mass is 355 g/mol. The van der Waals surface area contributed by atoms with Crippen LogP contribution in [0.15, 0.2) is 30.3 Å². The molecule has 0 radical (unpaired) electrons. The van der Waals surface area contributed by atoms with E-state index in [1.165, 1.54) is 27.1 Å². The highest BCUT2D eigenvalue weighted by atomic mass is 32.1. The van der Waals surface area contributed by atoms with Crippen LogP contribution in [-0.4, -0.2) is 22.6 Å². The molecule has 0 spiro atoms. The van der Waals surface area contributed by atoms with E-state index in [2.05, 4.69) is 42.7 Å². The van der Waals surface area contributed by atoms with Crippen molar-refractivity contribution in [1.82, 2.24) is 4.57 Å². The first kappa shape index (κ1) is 17.9. The molecular weight excluding hydrogens is 330 g/mol. The van der Waals surface area contributed by atoms with Gasteiger partial charge in [0.2, 0.25) is 0 Å². The smallest absolute Gasteiger partial charge is 0.160 e. The maximum absolute atomic E-state index is 11.1. The Morgan fingerprint density at radius 1 is 1.08 bits per heavy atom. The summed E-state index contributed by atoms with van der Waals surface area (Å²) in [5, 5.41) is 8.93. The van der Waals surface area contributed by atoms with Gasteiger partial charge in [0.05, 0.1) is 20.8 Å². The molecule has 0 saturated carbocycles. The minimum Gasteiger partial charge on any atom is -0.396 e. The molecule has 2 heterocycles. The number of carbonyl (C=O) groups excluding carboxylic acids is 1. The van der Waals surface area contributed by atoms with E-state index in [1.54, 1.807) is 11.3 Å². The highest BCUT2D eigenvalue weighted by Gasteiger charge is 2.15. The predicted molar refractivity (Wildman–Crippen MR) is 106 cm³/mol. The largest absolute Gasteiger partial charge is 0.396 e. The van der Waals surface area contributed by atoms with Crippen molar-refractivity contribution in [3.63, 3.8) is 0 Å². The van der Waals surface area contributed by atoms with Crippen molar-refractivity contribution in [2.75, 3.05) is 6.61 Å². The number of fused-ring (bicyclic) bond motifs is 1. The first-order valence-electron chi connectivity index (χ1n) is 8.91. The lowest BCUT2D eigenvalue weighted by atomic mass is 10.0. The fourth-order valence-electron chi connectivity index (χ4n) is 3.42. The van der Waals surface area contributed by atoms with Crippen molar-refractivity contribution in [3.8, 4) is 11.3 Å². The molecule has 0 aliphatic carbocycles. The van der Waals surface area contributed by atoms with Gasteiger partial charge in [-0.1, -0.05) is 36.6 Å². The maximum atomic E-state index is 11.1. The molecule has 25 heavy (non-hydrogen) atoms. The van der Waals surface area contributed by atoms with Gasteiger partial charge < -0.3 is 9.67 Å². The summed E-state index contributed by atoms with van der Waals surface area (Å²) in [6.45, 7) is 5.49. The Kier molecular flexibility index (Phi) is 5.71. The van der Waals surface area contributed by atoms with E-state index < -0.39 is 0 Å². The number of nitrogens with zero attached hydrogens (tertiary/aromatic N) is 1. The molecule has 3 rings (SSSR count). The number of aromatic nitrogens is 1. The lowest BCUT2D eigenvalue weighted by Crippen LogP contribution is -2.01. The van der Waals surface area contributed by atoms with Gasteiger partial charge in [-0.3, -0.25) is 4.79 Å². The molecule has 0 saturated heterocycles. The van der Waals surface area contributed by atoms with Crippen LogP contribution in [0.3, 0.4) is 0 Å². The number of aliphatic hydroxyl groups excluding tert-OH is 1. The zero-order valence-electron chi connectivity index (χ0n) is 14.9. The fourth-order valence-corrected chi connectivity index (χ4v) is 4.34. The molecule has 3 aromatic rings. The van der Waals surface area contributed by atoms with E-state index in [-0.39, 0.29) is 6.61 Å². The van der Waals surface area contributed by atoms with Crippen LogP contribution >= 0.6 is 11.3 Å². The Morgan fingerprint density at radius 2 is 1.88 bits per heavy atom. The van der Waals surface area contributed by atoms with E-state index in [0.29, 0.717) is 0 Å². The zero-order valence-corrected chi connectivity index (χ0v) is 15.7. The third-order valence-corrected chi connectivity index (χ3v) is 5.67. The Balaban J connectivity index is 1.97. The molecule has 0 bridgehead atoms. The van der Waals surface area contributed by atoms with Gasteiger partial charge in [-0.2, -0.15) is 0 Å². The van der Waals surface area contributed by atoms with Gasteiger partial charge >= 0.3 is 0 Å². The van der Waals surface area contributed by atoms with Crippen molar-refractivity contribution >= 4 is 27.8 Å². The molecule has 0 unspecified atom stereocenters. The minimum absolute atomic E-state index is 0.273. The number of aliphatic hydroxyl groups is 1. The number of hydrogen-bond acceptors (Lipinski definition) is 3. The van der Waals surface area contributed by atoms with E-state index >= 15 is 0 Å². The molecule has 0 atom stereocenters. The molecule has 4 heteroatoms. The molecule has 132 valence electrons. The van der Waals surface area contributed by atoms with Gasteiger partial charge in [0, 0.05) is 18.7 Å². The summed E-state index contributed by atoms with van der Waals surface area (Å²) in [5.74, 6) is 0. The van der Waals surface area contributed by atoms with Gasteiger partial charge in [0.15, 0.2) is 6.29 Å². The summed E-state index contributed by atoms with van der Waals surface area (Å²) in [4.78, 5) is 11.9. The maximum Gasteiger partial charge on any atom is 0.160 e. The van der Waals surface area contributed by atoms with E-state index in [0.717, 1.165) is 48.9 Å². The summed E-state index contributed by atoms with van der Waals surface area (Å²) >= 11 is 1.56. The highest BCUT2D eigenvalue weighted by Crippen LogP contribution is 2.35. The summed E-state index contributed by atoms with van der Waals surface area (Å²) in [6.07, 6.45) is 5.06. The van der Waals surface area contributed by atoms with Crippen LogP contribution < -0.4 is 0 Å². The van der Waals surface area contributed by atoms with E-state index in [1.807, 2.05) is 6.07 Å². The molecule has 0 fully saturated rings. The third-order valence-electron chi connectivity index (χ3n) is 4.67. The number of carbonyl (C=O) groups is 1. The van der Waals surface area contributed by atoms with Crippen LogP contribution in [0, 0.1) is 13.8 Å². The molecule has 0 aliphatic heterocycles. The number of hydrogen-bond donors (Lipinski definition) is 1. The lowest BCUT2D eigenvalue weighted by molar-refractivity contribution is 0.112. The number of aryl methyl sites for hydroxylation is 3.